The number of nitrogens with zero attached hydrogens (tertiary/aromatic N) is 4. The minimum atomic E-state index is -0.187. The molecule has 1 fully saturated rings. The van der Waals surface area contributed by atoms with Crippen LogP contribution in [0.1, 0.15) is 47.4 Å². The summed E-state index contributed by atoms with van der Waals surface area (Å²) < 4.78 is 5.28. The van der Waals surface area contributed by atoms with E-state index in [0.29, 0.717) is 34.8 Å². The molecule has 2 amide bonds. The number of pyridine rings is 1. The van der Waals surface area contributed by atoms with E-state index < -0.39 is 0 Å². The number of hydrogen-bond donors (Lipinski definition) is 0. The van der Waals surface area contributed by atoms with Crippen molar-refractivity contribution < 1.29 is 14.1 Å². The molecule has 2 aromatic heterocycles. The predicted octanol–water partition coefficient (Wildman–Crippen LogP) is 1.96. The van der Waals surface area contributed by atoms with E-state index in [0.717, 1.165) is 18.5 Å². The summed E-state index contributed by atoms with van der Waals surface area (Å²) in [6.45, 7) is 4.16. The highest BCUT2D eigenvalue weighted by molar-refractivity contribution is 6.06. The first-order valence-electron chi connectivity index (χ1n) is 8.18. The summed E-state index contributed by atoms with van der Waals surface area (Å²) >= 11 is 0. The Morgan fingerprint density at radius 3 is 2.62 bits per heavy atom. The fourth-order valence-electron chi connectivity index (χ4n) is 2.67. The topological polar surface area (TPSA) is 79.5 Å². The zero-order valence-corrected chi connectivity index (χ0v) is 14.5. The third kappa shape index (κ3) is 2.98. The fourth-order valence-corrected chi connectivity index (χ4v) is 2.67. The molecule has 0 radical (unpaired) electrons. The van der Waals surface area contributed by atoms with Crippen LogP contribution in [0.5, 0.6) is 0 Å². The average Bonchev–Trinajstić information content (AvgIpc) is 3.35. The summed E-state index contributed by atoms with van der Waals surface area (Å²) in [5.41, 5.74) is 2.43. The van der Waals surface area contributed by atoms with Gasteiger partial charge in [0.2, 0.25) is 5.91 Å². The van der Waals surface area contributed by atoms with Gasteiger partial charge in [0, 0.05) is 32.3 Å². The maximum absolute atomic E-state index is 13.1. The van der Waals surface area contributed by atoms with Crippen molar-refractivity contribution in [3.63, 3.8) is 0 Å². The number of hydrogen-bond acceptors (Lipinski definition) is 5. The first-order chi connectivity index (χ1) is 11.4. The number of aryl methyl sites for hydroxylation is 1. The van der Waals surface area contributed by atoms with Crippen molar-refractivity contribution in [3.05, 3.63) is 23.0 Å². The van der Waals surface area contributed by atoms with Crippen LogP contribution < -0.4 is 0 Å². The van der Waals surface area contributed by atoms with Gasteiger partial charge in [0.15, 0.2) is 0 Å². The molecule has 0 aromatic carbocycles. The molecule has 1 aliphatic rings. The van der Waals surface area contributed by atoms with Gasteiger partial charge >= 0.3 is 0 Å². The van der Waals surface area contributed by atoms with E-state index in [1.54, 1.807) is 25.9 Å². The molecule has 2 heterocycles. The number of carbonyl (C=O) groups excluding carboxylic acids is 2. The summed E-state index contributed by atoms with van der Waals surface area (Å²) in [5, 5.41) is 4.59. The summed E-state index contributed by atoms with van der Waals surface area (Å²) in [5.74, 6) is 0.0955. The van der Waals surface area contributed by atoms with Gasteiger partial charge in [-0.2, -0.15) is 0 Å². The number of carbonyl (C=O) groups is 2. The van der Waals surface area contributed by atoms with Crippen LogP contribution in [0.2, 0.25) is 0 Å². The van der Waals surface area contributed by atoms with Crippen molar-refractivity contribution in [2.75, 3.05) is 27.2 Å². The first kappa shape index (κ1) is 16.4. The summed E-state index contributed by atoms with van der Waals surface area (Å²) in [7, 11) is 3.36. The summed E-state index contributed by atoms with van der Waals surface area (Å²) in [6.07, 6.45) is 2.16. The van der Waals surface area contributed by atoms with E-state index in [2.05, 4.69) is 10.1 Å². The minimum Gasteiger partial charge on any atom is -0.347 e. The molecule has 0 atom stereocenters. The molecular weight excluding hydrogens is 308 g/mol. The molecule has 7 nitrogen and oxygen atoms in total. The van der Waals surface area contributed by atoms with E-state index in [-0.39, 0.29) is 18.4 Å². The largest absolute Gasteiger partial charge is 0.347 e. The highest BCUT2D eigenvalue weighted by Crippen LogP contribution is 2.40. The van der Waals surface area contributed by atoms with Gasteiger partial charge in [-0.3, -0.25) is 9.59 Å². The van der Waals surface area contributed by atoms with Crippen LogP contribution in [0, 0.1) is 6.92 Å². The Morgan fingerprint density at radius 2 is 2.04 bits per heavy atom. The highest BCUT2D eigenvalue weighted by Gasteiger charge is 2.30. The lowest BCUT2D eigenvalue weighted by Gasteiger charge is -2.22. The molecule has 0 aliphatic heterocycles. The Balaban J connectivity index is 2.01. The van der Waals surface area contributed by atoms with Gasteiger partial charge in [0.25, 0.3) is 11.6 Å². The number of likely N-dealkylation sites (N-methyl/N-ethyl adjacent to an activating group) is 2. The monoisotopic (exact) mass is 330 g/mol. The third-order valence-electron chi connectivity index (χ3n) is 4.36. The molecule has 24 heavy (non-hydrogen) atoms. The second-order valence-electron chi connectivity index (χ2n) is 6.42. The van der Waals surface area contributed by atoms with Crippen molar-refractivity contribution in [1.82, 2.24) is 19.9 Å². The van der Waals surface area contributed by atoms with Gasteiger partial charge in [-0.1, -0.05) is 5.16 Å². The molecule has 0 N–H and O–H groups in total. The van der Waals surface area contributed by atoms with Crippen LogP contribution in [-0.4, -0.2) is 58.9 Å². The SMILES string of the molecule is CCN(CC(=O)N(C)C)C(=O)c1cc(C2CC2)nc2onc(C)c12. The molecule has 0 spiro atoms. The van der Waals surface area contributed by atoms with E-state index in [4.69, 9.17) is 4.52 Å². The summed E-state index contributed by atoms with van der Waals surface area (Å²) in [4.78, 5) is 32.6. The molecule has 0 saturated heterocycles. The van der Waals surface area contributed by atoms with Crippen LogP contribution in [-0.2, 0) is 4.79 Å². The van der Waals surface area contributed by atoms with Gasteiger partial charge in [-0.05, 0) is 32.8 Å². The van der Waals surface area contributed by atoms with Crippen molar-refractivity contribution in [3.8, 4) is 0 Å². The van der Waals surface area contributed by atoms with Crippen LogP contribution in [0.15, 0.2) is 10.6 Å². The second kappa shape index (κ2) is 6.22. The van der Waals surface area contributed by atoms with E-state index >= 15 is 0 Å². The quantitative estimate of drug-likeness (QED) is 0.837. The molecule has 0 unspecified atom stereocenters. The Kier molecular flexibility index (Phi) is 4.26. The first-order valence-corrected chi connectivity index (χ1v) is 8.18. The molecule has 3 rings (SSSR count). The molecule has 0 bridgehead atoms. The standard InChI is InChI=1S/C17H22N4O3/c1-5-21(9-14(22)20(3)4)17(23)12-8-13(11-6-7-11)18-16-15(12)10(2)19-24-16/h8,11H,5-7,9H2,1-4H3. The van der Waals surface area contributed by atoms with Crippen LogP contribution >= 0.6 is 0 Å². The normalized spacial score (nSPS) is 14.0. The summed E-state index contributed by atoms with van der Waals surface area (Å²) in [6, 6.07) is 1.84. The molecule has 2 aromatic rings. The lowest BCUT2D eigenvalue weighted by atomic mass is 10.1. The van der Waals surface area contributed by atoms with Crippen LogP contribution in [0.4, 0.5) is 0 Å². The molecule has 7 heteroatoms. The lowest BCUT2D eigenvalue weighted by molar-refractivity contribution is -0.129. The van der Waals surface area contributed by atoms with Crippen molar-refractivity contribution in [2.24, 2.45) is 0 Å². The Morgan fingerprint density at radius 1 is 1.33 bits per heavy atom. The number of amides is 2. The fraction of sp³-hybridized carbons (Fsp3) is 0.529. The van der Waals surface area contributed by atoms with Gasteiger partial charge in [0.05, 0.1) is 23.2 Å². The Hall–Kier alpha value is -2.44. The maximum atomic E-state index is 13.1. The predicted molar refractivity (Wildman–Crippen MR) is 88.8 cm³/mol. The highest BCUT2D eigenvalue weighted by atomic mass is 16.5. The van der Waals surface area contributed by atoms with Gasteiger partial charge in [-0.15, -0.1) is 0 Å². The van der Waals surface area contributed by atoms with Crippen LogP contribution in [0.25, 0.3) is 11.1 Å². The zero-order valence-electron chi connectivity index (χ0n) is 14.5. The van der Waals surface area contributed by atoms with E-state index in [9.17, 15) is 9.59 Å². The number of rotatable bonds is 5. The Labute approximate surface area is 140 Å². The second-order valence-corrected chi connectivity index (χ2v) is 6.42. The van der Waals surface area contributed by atoms with E-state index in [1.807, 2.05) is 13.0 Å². The van der Waals surface area contributed by atoms with E-state index in [1.165, 1.54) is 4.90 Å². The van der Waals surface area contributed by atoms with Gasteiger partial charge in [-0.25, -0.2) is 4.98 Å². The molecule has 1 aliphatic carbocycles. The smallest absolute Gasteiger partial charge is 0.259 e. The van der Waals surface area contributed by atoms with Crippen molar-refractivity contribution in [1.29, 1.82) is 0 Å². The molecular formula is C17H22N4O3. The zero-order chi connectivity index (χ0) is 17.4. The number of fused-ring (bicyclic) bond motifs is 1. The van der Waals surface area contributed by atoms with Crippen molar-refractivity contribution >= 4 is 22.9 Å². The lowest BCUT2D eigenvalue weighted by Crippen LogP contribution is -2.40. The minimum absolute atomic E-state index is 0.0508. The average molecular weight is 330 g/mol. The third-order valence-corrected chi connectivity index (χ3v) is 4.36. The number of aromatic nitrogens is 2. The Bertz CT molecular complexity index is 792. The van der Waals surface area contributed by atoms with Gasteiger partial charge < -0.3 is 14.3 Å². The van der Waals surface area contributed by atoms with Crippen LogP contribution in [0.3, 0.4) is 0 Å². The molecule has 128 valence electrons. The van der Waals surface area contributed by atoms with Crippen molar-refractivity contribution in [2.45, 2.75) is 32.6 Å². The maximum Gasteiger partial charge on any atom is 0.259 e. The van der Waals surface area contributed by atoms with Gasteiger partial charge in [0.1, 0.15) is 0 Å². The molecule has 1 saturated carbocycles.